The molecule has 5 nitrogen and oxygen atoms in total. The molecule has 0 spiro atoms. The quantitative estimate of drug-likeness (QED) is 0.111. The molecule has 1 amide bonds. The number of carbonyl (C=O) groups is 1. The number of amides is 1. The molecule has 0 aromatic heterocycles. The molecular formula is C24H42NO4PS. The first-order valence-corrected chi connectivity index (χ1v) is 14.8. The van der Waals surface area contributed by atoms with Crippen LogP contribution in [0.15, 0.2) is 29.2 Å². The molecule has 0 radical (unpaired) electrons. The lowest BCUT2D eigenvalue weighted by atomic mass is 10.1. The maximum absolute atomic E-state index is 12.3. The maximum atomic E-state index is 12.3. The van der Waals surface area contributed by atoms with Crippen LogP contribution in [0.1, 0.15) is 96.8 Å². The number of anilines is 1. The average Bonchev–Trinajstić information content (AvgIpc) is 2.72. The summed E-state index contributed by atoms with van der Waals surface area (Å²) in [5, 5.41) is 3.09. The van der Waals surface area contributed by atoms with Crippen LogP contribution < -0.4 is 5.32 Å². The smallest absolute Gasteiger partial charge is 0.325 e. The van der Waals surface area contributed by atoms with E-state index in [0.717, 1.165) is 67.7 Å². The molecule has 3 N–H and O–H groups in total. The molecule has 31 heavy (non-hydrogen) atoms. The van der Waals surface area contributed by atoms with Crippen molar-refractivity contribution in [1.29, 1.82) is 0 Å². The number of hydrogen-bond donors (Lipinski definition) is 3. The number of hydrogen-bond acceptors (Lipinski definition) is 3. The summed E-state index contributed by atoms with van der Waals surface area (Å²) in [5.41, 5.74) is 0.937. The van der Waals surface area contributed by atoms with E-state index in [1.807, 2.05) is 30.0 Å². The van der Waals surface area contributed by atoms with Gasteiger partial charge in [-0.2, -0.15) is 0 Å². The fourth-order valence-electron chi connectivity index (χ4n) is 3.46. The molecule has 0 unspecified atom stereocenters. The van der Waals surface area contributed by atoms with E-state index in [4.69, 9.17) is 9.79 Å². The van der Waals surface area contributed by atoms with Crippen molar-refractivity contribution in [1.82, 2.24) is 0 Å². The molecule has 178 valence electrons. The van der Waals surface area contributed by atoms with Gasteiger partial charge >= 0.3 is 7.60 Å². The fourth-order valence-corrected chi connectivity index (χ4v) is 5.11. The third kappa shape index (κ3) is 16.5. The van der Waals surface area contributed by atoms with Gasteiger partial charge in [-0.3, -0.25) is 9.36 Å². The zero-order valence-corrected chi connectivity index (χ0v) is 20.9. The van der Waals surface area contributed by atoms with Crippen molar-refractivity contribution < 1.29 is 19.1 Å². The molecule has 0 aliphatic rings. The summed E-state index contributed by atoms with van der Waals surface area (Å²) in [7, 11) is -3.82. The standard InChI is InChI=1S/C24H42NO4PS/c1-2-3-4-16-21-31-23-18-14-13-17-22(23)25-24(26)19-12-10-8-6-5-7-9-11-15-20-30(27,28)29/h13-14,17-18H,2-12,15-16,19-21H2,1H3,(H,25,26)(H2,27,28,29). The number of para-hydroxylation sites is 1. The van der Waals surface area contributed by atoms with Gasteiger partial charge in [0.1, 0.15) is 0 Å². The van der Waals surface area contributed by atoms with Gasteiger partial charge in [-0.1, -0.05) is 83.3 Å². The van der Waals surface area contributed by atoms with Crippen LogP contribution in [-0.2, 0) is 9.36 Å². The van der Waals surface area contributed by atoms with Crippen LogP contribution in [0, 0.1) is 0 Å². The summed E-state index contributed by atoms with van der Waals surface area (Å²) < 4.78 is 10.8. The number of benzene rings is 1. The van der Waals surface area contributed by atoms with Crippen molar-refractivity contribution in [3.8, 4) is 0 Å². The molecule has 1 aromatic rings. The van der Waals surface area contributed by atoms with Gasteiger partial charge in [-0.05, 0) is 37.1 Å². The lowest BCUT2D eigenvalue weighted by molar-refractivity contribution is -0.116. The first-order valence-electron chi connectivity index (χ1n) is 12.0. The van der Waals surface area contributed by atoms with Gasteiger partial charge < -0.3 is 15.1 Å². The summed E-state index contributed by atoms with van der Waals surface area (Å²) in [6.45, 7) is 2.22. The second kappa shape index (κ2) is 17.7. The van der Waals surface area contributed by atoms with E-state index < -0.39 is 7.60 Å². The Labute approximate surface area is 193 Å². The highest BCUT2D eigenvalue weighted by atomic mass is 32.2. The summed E-state index contributed by atoms with van der Waals surface area (Å²) in [6.07, 6.45) is 14.7. The Hall–Kier alpha value is -0.810. The Morgan fingerprint density at radius 3 is 2.10 bits per heavy atom. The van der Waals surface area contributed by atoms with Gasteiger partial charge in [-0.15, -0.1) is 11.8 Å². The van der Waals surface area contributed by atoms with Crippen molar-refractivity contribution >= 4 is 31.0 Å². The van der Waals surface area contributed by atoms with E-state index in [9.17, 15) is 9.36 Å². The SMILES string of the molecule is CCCCCCSc1ccccc1NC(=O)CCCCCCCCCCCP(=O)(O)O. The zero-order chi connectivity index (χ0) is 22.8. The Balaban J connectivity index is 2.07. The van der Waals surface area contributed by atoms with E-state index in [0.29, 0.717) is 12.8 Å². The largest absolute Gasteiger partial charge is 0.325 e. The van der Waals surface area contributed by atoms with Crippen molar-refractivity contribution in [3.63, 3.8) is 0 Å². The molecule has 0 bridgehead atoms. The van der Waals surface area contributed by atoms with E-state index in [-0.39, 0.29) is 12.1 Å². The van der Waals surface area contributed by atoms with Crippen molar-refractivity contribution in [2.45, 2.75) is 102 Å². The second-order valence-electron chi connectivity index (χ2n) is 8.27. The predicted octanol–water partition coefficient (Wildman–Crippen LogP) is 7.38. The van der Waals surface area contributed by atoms with Gasteiger partial charge in [0.2, 0.25) is 5.91 Å². The third-order valence-corrected chi connectivity index (χ3v) is 7.33. The predicted molar refractivity (Wildman–Crippen MR) is 133 cm³/mol. The highest BCUT2D eigenvalue weighted by Crippen LogP contribution is 2.35. The second-order valence-corrected chi connectivity index (χ2v) is 11.2. The van der Waals surface area contributed by atoms with Crippen LogP contribution in [0.5, 0.6) is 0 Å². The van der Waals surface area contributed by atoms with E-state index >= 15 is 0 Å². The molecule has 0 heterocycles. The van der Waals surface area contributed by atoms with Crippen LogP contribution in [0.2, 0.25) is 0 Å². The van der Waals surface area contributed by atoms with Crippen molar-refractivity contribution in [2.75, 3.05) is 17.2 Å². The summed E-state index contributed by atoms with van der Waals surface area (Å²) in [4.78, 5) is 31.1. The van der Waals surface area contributed by atoms with Gasteiger partial charge in [0.25, 0.3) is 0 Å². The number of rotatable bonds is 19. The minimum Gasteiger partial charge on any atom is -0.325 e. The summed E-state index contributed by atoms with van der Waals surface area (Å²) >= 11 is 1.83. The Kier molecular flexibility index (Phi) is 16.1. The van der Waals surface area contributed by atoms with Gasteiger partial charge in [0, 0.05) is 17.5 Å². The van der Waals surface area contributed by atoms with E-state index in [1.165, 1.54) is 25.7 Å². The van der Waals surface area contributed by atoms with Crippen LogP contribution in [0.4, 0.5) is 5.69 Å². The Bertz CT molecular complexity index is 650. The molecule has 0 saturated heterocycles. The lowest BCUT2D eigenvalue weighted by Crippen LogP contribution is -2.11. The van der Waals surface area contributed by atoms with Gasteiger partial charge in [0.15, 0.2) is 0 Å². The van der Waals surface area contributed by atoms with Crippen molar-refractivity contribution in [2.24, 2.45) is 0 Å². The molecule has 0 aliphatic heterocycles. The lowest BCUT2D eigenvalue weighted by Gasteiger charge is -2.11. The first-order chi connectivity index (χ1) is 14.9. The minimum absolute atomic E-state index is 0.0111. The highest BCUT2D eigenvalue weighted by Gasteiger charge is 2.11. The molecule has 0 fully saturated rings. The monoisotopic (exact) mass is 471 g/mol. The number of unbranched alkanes of at least 4 members (excludes halogenated alkanes) is 11. The van der Waals surface area contributed by atoms with E-state index in [1.54, 1.807) is 0 Å². The first kappa shape index (κ1) is 28.2. The van der Waals surface area contributed by atoms with E-state index in [2.05, 4.69) is 18.3 Å². The molecule has 1 aromatic carbocycles. The zero-order valence-electron chi connectivity index (χ0n) is 19.2. The van der Waals surface area contributed by atoms with Gasteiger partial charge in [0.05, 0.1) is 5.69 Å². The number of carbonyl (C=O) groups excluding carboxylic acids is 1. The van der Waals surface area contributed by atoms with Crippen LogP contribution in [-0.4, -0.2) is 27.6 Å². The number of nitrogens with one attached hydrogen (secondary N) is 1. The van der Waals surface area contributed by atoms with Gasteiger partial charge in [-0.25, -0.2) is 0 Å². The Morgan fingerprint density at radius 1 is 0.871 bits per heavy atom. The maximum Gasteiger partial charge on any atom is 0.325 e. The van der Waals surface area contributed by atoms with Crippen molar-refractivity contribution in [3.05, 3.63) is 24.3 Å². The topological polar surface area (TPSA) is 86.6 Å². The van der Waals surface area contributed by atoms with Crippen LogP contribution >= 0.6 is 19.4 Å². The van der Waals surface area contributed by atoms with Crippen LogP contribution in [0.3, 0.4) is 0 Å². The number of thioether (sulfide) groups is 1. The fraction of sp³-hybridized carbons (Fsp3) is 0.708. The molecule has 0 aliphatic carbocycles. The third-order valence-electron chi connectivity index (χ3n) is 5.27. The average molecular weight is 472 g/mol. The molecule has 7 heteroatoms. The normalized spacial score (nSPS) is 11.6. The van der Waals surface area contributed by atoms with Crippen LogP contribution in [0.25, 0.3) is 0 Å². The molecule has 1 rings (SSSR count). The summed E-state index contributed by atoms with van der Waals surface area (Å²) in [5.74, 6) is 1.19. The molecule has 0 atom stereocenters. The Morgan fingerprint density at radius 2 is 1.45 bits per heavy atom. The minimum atomic E-state index is -3.82. The molecular weight excluding hydrogens is 429 g/mol. The summed E-state index contributed by atoms with van der Waals surface area (Å²) in [6, 6.07) is 8.09. The highest BCUT2D eigenvalue weighted by molar-refractivity contribution is 7.99. The molecule has 0 saturated carbocycles.